The van der Waals surface area contributed by atoms with Gasteiger partial charge in [0.15, 0.2) is 0 Å². The summed E-state index contributed by atoms with van der Waals surface area (Å²) in [5, 5.41) is 13.6. The molecule has 0 radical (unpaired) electrons. The largest absolute Gasteiger partial charge is 0.490 e. The Morgan fingerprint density at radius 2 is 2.22 bits per heavy atom. The molecule has 0 fully saturated rings. The summed E-state index contributed by atoms with van der Waals surface area (Å²) in [5.74, 6) is 0.237. The second kappa shape index (κ2) is 6.07. The predicted molar refractivity (Wildman–Crippen MR) is 91.2 cm³/mol. The van der Waals surface area contributed by atoms with E-state index in [-0.39, 0.29) is 12.5 Å². The van der Waals surface area contributed by atoms with Gasteiger partial charge >= 0.3 is 0 Å². The number of aliphatic hydroxyl groups is 1. The van der Waals surface area contributed by atoms with E-state index < -0.39 is 6.10 Å². The first-order valence-electron chi connectivity index (χ1n) is 7.21. The molecule has 1 atom stereocenters. The number of hydrogen-bond acceptors (Lipinski definition) is 3. The third-order valence-corrected chi connectivity index (χ3v) is 4.51. The van der Waals surface area contributed by atoms with Gasteiger partial charge in [0.25, 0.3) is 5.91 Å². The fraction of sp³-hybridized carbons (Fsp3) is 0.312. The molecule has 0 spiro atoms. The molecule has 5 nitrogen and oxygen atoms in total. The fourth-order valence-electron chi connectivity index (χ4n) is 2.70. The van der Waals surface area contributed by atoms with Crippen molar-refractivity contribution in [2.45, 2.75) is 19.4 Å². The van der Waals surface area contributed by atoms with E-state index in [9.17, 15) is 9.90 Å². The van der Waals surface area contributed by atoms with Gasteiger partial charge in [0.2, 0.25) is 0 Å². The standard InChI is InChI=1S/C16H16Cl2N2O3/c1-7(21)6-23-11-5-9(17)14(18)15-13(11)12-8(2)16(22)19-4-3-10(12)20-15/h5,7,20-21H,2-4,6H2,1H3,(H,19,22)/t7-/m1/s1. The van der Waals surface area contributed by atoms with Crippen LogP contribution in [0.2, 0.25) is 10.0 Å². The van der Waals surface area contributed by atoms with Gasteiger partial charge in [-0.15, -0.1) is 0 Å². The highest BCUT2D eigenvalue weighted by Gasteiger charge is 2.26. The number of halogens is 2. The van der Waals surface area contributed by atoms with Crippen molar-refractivity contribution in [2.75, 3.05) is 13.2 Å². The van der Waals surface area contributed by atoms with Crippen LogP contribution >= 0.6 is 23.2 Å². The Morgan fingerprint density at radius 1 is 1.48 bits per heavy atom. The van der Waals surface area contributed by atoms with Crippen molar-refractivity contribution in [2.24, 2.45) is 0 Å². The van der Waals surface area contributed by atoms with Gasteiger partial charge in [-0.05, 0) is 6.92 Å². The number of carbonyl (C=O) groups is 1. The van der Waals surface area contributed by atoms with Gasteiger partial charge in [-0.3, -0.25) is 4.79 Å². The molecule has 1 aliphatic rings. The topological polar surface area (TPSA) is 74.4 Å². The highest BCUT2D eigenvalue weighted by Crippen LogP contribution is 2.42. The maximum Gasteiger partial charge on any atom is 0.251 e. The molecule has 122 valence electrons. The highest BCUT2D eigenvalue weighted by atomic mass is 35.5. The van der Waals surface area contributed by atoms with Crippen molar-refractivity contribution < 1.29 is 14.6 Å². The lowest BCUT2D eigenvalue weighted by Gasteiger charge is -2.12. The molecule has 1 aromatic heterocycles. The van der Waals surface area contributed by atoms with Crippen LogP contribution in [0.3, 0.4) is 0 Å². The molecular formula is C16H16Cl2N2O3. The molecular weight excluding hydrogens is 339 g/mol. The maximum atomic E-state index is 12.1. The Balaban J connectivity index is 2.27. The Labute approximate surface area is 143 Å². The molecule has 1 aliphatic heterocycles. The zero-order chi connectivity index (χ0) is 16.7. The quantitative estimate of drug-likeness (QED) is 0.741. The first kappa shape index (κ1) is 16.2. The molecule has 1 aromatic carbocycles. The molecule has 3 rings (SSSR count). The number of hydrogen-bond donors (Lipinski definition) is 3. The van der Waals surface area contributed by atoms with Gasteiger partial charge in [0, 0.05) is 35.9 Å². The Morgan fingerprint density at radius 3 is 2.91 bits per heavy atom. The molecule has 7 heteroatoms. The van der Waals surface area contributed by atoms with Gasteiger partial charge < -0.3 is 20.1 Å². The first-order valence-corrected chi connectivity index (χ1v) is 7.96. The van der Waals surface area contributed by atoms with Crippen molar-refractivity contribution in [3.8, 4) is 5.75 Å². The van der Waals surface area contributed by atoms with Crippen LogP contribution in [0.5, 0.6) is 5.75 Å². The Bertz CT molecular complexity index is 811. The number of aromatic amines is 1. The van der Waals surface area contributed by atoms with E-state index in [4.69, 9.17) is 27.9 Å². The number of H-pyrrole nitrogens is 1. The van der Waals surface area contributed by atoms with Gasteiger partial charge in [0.1, 0.15) is 12.4 Å². The van der Waals surface area contributed by atoms with Gasteiger partial charge in [-0.1, -0.05) is 29.8 Å². The second-order valence-electron chi connectivity index (χ2n) is 5.54. The summed E-state index contributed by atoms with van der Waals surface area (Å²) in [6.07, 6.45) is -0.0120. The third kappa shape index (κ3) is 2.80. The third-order valence-electron chi connectivity index (χ3n) is 3.73. The Hall–Kier alpha value is -1.69. The summed E-state index contributed by atoms with van der Waals surface area (Å²) in [6, 6.07) is 1.60. The molecule has 0 saturated carbocycles. The summed E-state index contributed by atoms with van der Waals surface area (Å²) in [7, 11) is 0. The molecule has 0 saturated heterocycles. The summed E-state index contributed by atoms with van der Waals surface area (Å²) in [6.45, 7) is 6.13. The van der Waals surface area contributed by atoms with Crippen LogP contribution in [0.25, 0.3) is 16.5 Å². The molecule has 2 aromatic rings. The smallest absolute Gasteiger partial charge is 0.251 e. The summed E-state index contributed by atoms with van der Waals surface area (Å²) in [5.41, 5.74) is 2.51. The minimum Gasteiger partial charge on any atom is -0.490 e. The number of rotatable bonds is 3. The first-order chi connectivity index (χ1) is 10.9. The van der Waals surface area contributed by atoms with E-state index in [0.717, 1.165) is 5.69 Å². The molecule has 0 unspecified atom stereocenters. The molecule has 0 bridgehead atoms. The van der Waals surface area contributed by atoms with Gasteiger partial charge in [-0.2, -0.15) is 0 Å². The van der Waals surface area contributed by atoms with Crippen molar-refractivity contribution in [1.29, 1.82) is 0 Å². The summed E-state index contributed by atoms with van der Waals surface area (Å²) in [4.78, 5) is 15.3. The second-order valence-corrected chi connectivity index (χ2v) is 6.33. The van der Waals surface area contributed by atoms with Crippen LogP contribution in [-0.4, -0.2) is 35.3 Å². The fourth-order valence-corrected chi connectivity index (χ4v) is 3.09. The lowest BCUT2D eigenvalue weighted by Crippen LogP contribution is -2.23. The van der Waals surface area contributed by atoms with Crippen LogP contribution < -0.4 is 10.1 Å². The molecule has 2 heterocycles. The number of ether oxygens (including phenoxy) is 1. The average Bonchev–Trinajstić information content (AvgIpc) is 2.82. The van der Waals surface area contributed by atoms with Crippen molar-refractivity contribution in [3.63, 3.8) is 0 Å². The molecule has 23 heavy (non-hydrogen) atoms. The average molecular weight is 355 g/mol. The minimum atomic E-state index is -0.636. The lowest BCUT2D eigenvalue weighted by atomic mass is 10.0. The van der Waals surface area contributed by atoms with Crippen LogP contribution in [0.1, 0.15) is 18.2 Å². The number of fused-ring (bicyclic) bond motifs is 3. The predicted octanol–water partition coefficient (Wildman–Crippen LogP) is 2.92. The van der Waals surface area contributed by atoms with Crippen molar-refractivity contribution in [3.05, 3.63) is 33.9 Å². The summed E-state index contributed by atoms with van der Waals surface area (Å²) >= 11 is 12.5. The van der Waals surface area contributed by atoms with Gasteiger partial charge in [0.05, 0.1) is 27.1 Å². The van der Waals surface area contributed by atoms with Crippen molar-refractivity contribution in [1.82, 2.24) is 10.3 Å². The van der Waals surface area contributed by atoms with E-state index in [2.05, 4.69) is 16.9 Å². The zero-order valence-electron chi connectivity index (χ0n) is 12.5. The van der Waals surface area contributed by atoms with Crippen molar-refractivity contribution >= 4 is 45.6 Å². The number of carbonyl (C=O) groups excluding carboxylic acids is 1. The van der Waals surface area contributed by atoms with Crippen LogP contribution in [0.4, 0.5) is 0 Å². The Kier molecular flexibility index (Phi) is 4.27. The summed E-state index contributed by atoms with van der Waals surface area (Å²) < 4.78 is 5.68. The van der Waals surface area contributed by atoms with Crippen LogP contribution in [0, 0.1) is 0 Å². The molecule has 1 amide bonds. The van der Waals surface area contributed by atoms with E-state index in [1.54, 1.807) is 13.0 Å². The minimum absolute atomic E-state index is 0.103. The maximum absolute atomic E-state index is 12.1. The number of amides is 1. The number of nitrogens with one attached hydrogen (secondary N) is 2. The number of aromatic nitrogens is 1. The lowest BCUT2D eigenvalue weighted by molar-refractivity contribution is -0.115. The normalized spacial score (nSPS) is 16.0. The SMILES string of the molecule is C=C1C(=O)NCCc2[nH]c3c(Cl)c(Cl)cc(OC[C@@H](C)O)c3c21. The van der Waals surface area contributed by atoms with E-state index >= 15 is 0 Å². The van der Waals surface area contributed by atoms with Gasteiger partial charge in [-0.25, -0.2) is 0 Å². The monoisotopic (exact) mass is 354 g/mol. The molecule has 3 N–H and O–H groups in total. The number of aliphatic hydroxyl groups excluding tert-OH is 1. The van der Waals surface area contributed by atoms with E-state index in [0.29, 0.717) is 50.8 Å². The highest BCUT2D eigenvalue weighted by molar-refractivity contribution is 6.45. The zero-order valence-corrected chi connectivity index (χ0v) is 14.0. The van der Waals surface area contributed by atoms with Crippen LogP contribution in [-0.2, 0) is 11.2 Å². The van der Waals surface area contributed by atoms with Crippen LogP contribution in [0.15, 0.2) is 12.6 Å². The molecule has 0 aliphatic carbocycles. The van der Waals surface area contributed by atoms with E-state index in [1.165, 1.54) is 0 Å². The van der Waals surface area contributed by atoms with E-state index in [1.807, 2.05) is 0 Å². The number of benzene rings is 1.